The lowest BCUT2D eigenvalue weighted by molar-refractivity contribution is -0.134. The molecule has 0 N–H and O–H groups in total. The maximum absolute atomic E-state index is 13.4. The highest BCUT2D eigenvalue weighted by Gasteiger charge is 2.28. The third-order valence-electron chi connectivity index (χ3n) is 4.96. The summed E-state index contributed by atoms with van der Waals surface area (Å²) in [5.74, 6) is 1.54. The van der Waals surface area contributed by atoms with Crippen LogP contribution in [0.2, 0.25) is 0 Å². The van der Waals surface area contributed by atoms with Crippen LogP contribution in [0, 0.1) is 12.7 Å². The zero-order valence-electron chi connectivity index (χ0n) is 15.2. The number of nitrogens with zero attached hydrogens (tertiary/aromatic N) is 5. The molecular formula is C18H24FN5O. The van der Waals surface area contributed by atoms with Gasteiger partial charge in [0.05, 0.1) is 19.1 Å². The Kier molecular flexibility index (Phi) is 4.85. The number of fused-ring (bicyclic) bond motifs is 1. The zero-order valence-corrected chi connectivity index (χ0v) is 15.2. The van der Waals surface area contributed by atoms with Gasteiger partial charge in [0.15, 0.2) is 0 Å². The van der Waals surface area contributed by atoms with Crippen LogP contribution in [0.4, 0.5) is 4.39 Å². The molecule has 0 aliphatic carbocycles. The highest BCUT2D eigenvalue weighted by Crippen LogP contribution is 2.29. The summed E-state index contributed by atoms with van der Waals surface area (Å²) < 4.78 is 15.3. The average Bonchev–Trinajstić information content (AvgIpc) is 2.86. The molecule has 1 aromatic carbocycles. The van der Waals surface area contributed by atoms with E-state index in [2.05, 4.69) is 10.2 Å². The summed E-state index contributed by atoms with van der Waals surface area (Å²) in [6.07, 6.45) is 0.690. The summed E-state index contributed by atoms with van der Waals surface area (Å²) in [7, 11) is 3.82. The molecule has 0 spiro atoms. The number of rotatable bonds is 4. The van der Waals surface area contributed by atoms with Crippen LogP contribution < -0.4 is 0 Å². The second-order valence-electron chi connectivity index (χ2n) is 6.75. The lowest BCUT2D eigenvalue weighted by Crippen LogP contribution is -2.43. The topological polar surface area (TPSA) is 54.3 Å². The van der Waals surface area contributed by atoms with Crippen molar-refractivity contribution in [3.8, 4) is 0 Å². The van der Waals surface area contributed by atoms with E-state index in [9.17, 15) is 9.18 Å². The molecule has 0 saturated heterocycles. The molecule has 7 heteroatoms. The molecule has 25 heavy (non-hydrogen) atoms. The Balaban J connectivity index is 1.65. The first-order valence-electron chi connectivity index (χ1n) is 8.48. The van der Waals surface area contributed by atoms with Crippen LogP contribution in [0.5, 0.6) is 0 Å². The Morgan fingerprint density at radius 1 is 1.40 bits per heavy atom. The highest BCUT2D eigenvalue weighted by atomic mass is 19.1. The van der Waals surface area contributed by atoms with E-state index in [1.807, 2.05) is 42.3 Å². The molecule has 1 amide bonds. The van der Waals surface area contributed by atoms with Crippen LogP contribution in [-0.2, 0) is 24.8 Å². The van der Waals surface area contributed by atoms with E-state index in [0.29, 0.717) is 26.1 Å². The van der Waals surface area contributed by atoms with E-state index in [-0.39, 0.29) is 17.8 Å². The minimum atomic E-state index is -0.218. The quantitative estimate of drug-likeness (QED) is 0.848. The summed E-state index contributed by atoms with van der Waals surface area (Å²) in [6.45, 7) is 5.39. The van der Waals surface area contributed by atoms with Gasteiger partial charge >= 0.3 is 0 Å². The van der Waals surface area contributed by atoms with Gasteiger partial charge in [0, 0.05) is 13.6 Å². The molecule has 2 heterocycles. The van der Waals surface area contributed by atoms with Crippen LogP contribution in [-0.4, -0.2) is 50.6 Å². The smallest absolute Gasteiger partial charge is 0.237 e. The fourth-order valence-electron chi connectivity index (χ4n) is 3.35. The van der Waals surface area contributed by atoms with Gasteiger partial charge in [0.25, 0.3) is 0 Å². The number of amides is 1. The molecule has 2 aromatic rings. The largest absolute Gasteiger partial charge is 0.334 e. The Labute approximate surface area is 147 Å². The third-order valence-corrected chi connectivity index (χ3v) is 4.96. The van der Waals surface area contributed by atoms with Gasteiger partial charge in [-0.25, -0.2) is 4.39 Å². The molecule has 0 fully saturated rings. The van der Waals surface area contributed by atoms with Crippen molar-refractivity contribution in [2.45, 2.75) is 32.9 Å². The van der Waals surface area contributed by atoms with E-state index in [1.54, 1.807) is 12.1 Å². The fourth-order valence-corrected chi connectivity index (χ4v) is 3.35. The van der Waals surface area contributed by atoms with Gasteiger partial charge in [0.2, 0.25) is 5.91 Å². The third kappa shape index (κ3) is 3.56. The highest BCUT2D eigenvalue weighted by molar-refractivity contribution is 5.79. The van der Waals surface area contributed by atoms with Crippen LogP contribution in [0.1, 0.15) is 35.7 Å². The average molecular weight is 345 g/mol. The Morgan fingerprint density at radius 2 is 2.16 bits per heavy atom. The van der Waals surface area contributed by atoms with Crippen LogP contribution in [0.15, 0.2) is 18.2 Å². The molecule has 1 unspecified atom stereocenters. The number of carbonyl (C=O) groups is 1. The number of aromatic nitrogens is 3. The standard InChI is InChI=1S/C18H24FN5O/c1-12-16-6-5-15(19)9-14(16)7-8-24(12)18(25)11-22(3)10-17-21-20-13(2)23(17)4/h5-6,9,12H,7-8,10-11H2,1-4H3. The predicted molar refractivity (Wildman–Crippen MR) is 92.3 cm³/mol. The summed E-state index contributed by atoms with van der Waals surface area (Å²) in [5, 5.41) is 8.18. The molecule has 0 bridgehead atoms. The number of carbonyl (C=O) groups excluding carboxylic acids is 1. The van der Waals surface area contributed by atoms with E-state index in [0.717, 1.165) is 22.8 Å². The second-order valence-corrected chi connectivity index (χ2v) is 6.75. The number of benzene rings is 1. The Bertz CT molecular complexity index is 788. The molecule has 134 valence electrons. The van der Waals surface area contributed by atoms with E-state index < -0.39 is 0 Å². The van der Waals surface area contributed by atoms with E-state index in [1.165, 1.54) is 6.07 Å². The van der Waals surface area contributed by atoms with Gasteiger partial charge in [-0.2, -0.15) is 0 Å². The van der Waals surface area contributed by atoms with Gasteiger partial charge in [0.1, 0.15) is 17.5 Å². The Morgan fingerprint density at radius 3 is 2.84 bits per heavy atom. The summed E-state index contributed by atoms with van der Waals surface area (Å²) >= 11 is 0. The lowest BCUT2D eigenvalue weighted by Gasteiger charge is -2.36. The van der Waals surface area contributed by atoms with Crippen molar-refractivity contribution in [3.63, 3.8) is 0 Å². The summed E-state index contributed by atoms with van der Waals surface area (Å²) in [5.41, 5.74) is 2.03. The number of likely N-dealkylation sites (N-methyl/N-ethyl adjacent to an activating group) is 1. The lowest BCUT2D eigenvalue weighted by atomic mass is 9.93. The molecule has 0 radical (unpaired) electrons. The number of hydrogen-bond acceptors (Lipinski definition) is 4. The molecule has 6 nitrogen and oxygen atoms in total. The Hall–Kier alpha value is -2.28. The fraction of sp³-hybridized carbons (Fsp3) is 0.500. The number of aryl methyl sites for hydroxylation is 1. The van der Waals surface area contributed by atoms with Gasteiger partial charge in [-0.1, -0.05) is 6.07 Å². The van der Waals surface area contributed by atoms with Crippen molar-refractivity contribution in [3.05, 3.63) is 46.8 Å². The second kappa shape index (κ2) is 6.92. The van der Waals surface area contributed by atoms with Crippen LogP contribution >= 0.6 is 0 Å². The van der Waals surface area contributed by atoms with Crippen molar-refractivity contribution in [2.75, 3.05) is 20.1 Å². The minimum Gasteiger partial charge on any atom is -0.334 e. The summed E-state index contributed by atoms with van der Waals surface area (Å²) in [6, 6.07) is 4.80. The number of halogens is 1. The van der Waals surface area contributed by atoms with Gasteiger partial charge in [-0.15, -0.1) is 10.2 Å². The van der Waals surface area contributed by atoms with Crippen LogP contribution in [0.25, 0.3) is 0 Å². The molecule has 1 aliphatic heterocycles. The first-order valence-corrected chi connectivity index (χ1v) is 8.48. The van der Waals surface area contributed by atoms with E-state index >= 15 is 0 Å². The summed E-state index contributed by atoms with van der Waals surface area (Å²) in [4.78, 5) is 16.6. The number of hydrogen-bond donors (Lipinski definition) is 0. The first kappa shape index (κ1) is 17.5. The van der Waals surface area contributed by atoms with Gasteiger partial charge in [-0.05, 0) is 50.6 Å². The maximum Gasteiger partial charge on any atom is 0.237 e. The molecular weight excluding hydrogens is 321 g/mol. The van der Waals surface area contributed by atoms with Crippen molar-refractivity contribution >= 4 is 5.91 Å². The van der Waals surface area contributed by atoms with Crippen molar-refractivity contribution in [1.82, 2.24) is 24.6 Å². The van der Waals surface area contributed by atoms with Crippen molar-refractivity contribution in [1.29, 1.82) is 0 Å². The predicted octanol–water partition coefficient (Wildman–Crippen LogP) is 1.84. The normalized spacial score (nSPS) is 17.0. The van der Waals surface area contributed by atoms with E-state index in [4.69, 9.17) is 0 Å². The molecule has 1 aromatic heterocycles. The minimum absolute atomic E-state index is 0.0395. The monoisotopic (exact) mass is 345 g/mol. The van der Waals surface area contributed by atoms with Crippen molar-refractivity contribution < 1.29 is 9.18 Å². The van der Waals surface area contributed by atoms with Crippen LogP contribution in [0.3, 0.4) is 0 Å². The molecule has 1 aliphatic rings. The van der Waals surface area contributed by atoms with Crippen molar-refractivity contribution in [2.24, 2.45) is 7.05 Å². The first-order chi connectivity index (χ1) is 11.9. The molecule has 1 atom stereocenters. The van der Waals surface area contributed by atoms with Gasteiger partial charge in [-0.3, -0.25) is 9.69 Å². The zero-order chi connectivity index (χ0) is 18.1. The molecule has 3 rings (SSSR count). The molecule has 0 saturated carbocycles. The SMILES string of the molecule is Cc1nnc(CN(C)CC(=O)N2CCc3cc(F)ccc3C2C)n1C. The maximum atomic E-state index is 13.4. The van der Waals surface area contributed by atoms with Gasteiger partial charge < -0.3 is 9.47 Å².